The molecule has 1 amide bonds. The zero-order valence-corrected chi connectivity index (χ0v) is 18.4. The molecule has 0 saturated heterocycles. The van der Waals surface area contributed by atoms with Crippen LogP contribution in [0.4, 0.5) is 0 Å². The molecule has 4 rings (SSSR count). The smallest absolute Gasteiger partial charge is 0.267 e. The first-order valence-electron chi connectivity index (χ1n) is 10.4. The third kappa shape index (κ3) is 4.84. The first kappa shape index (κ1) is 21.7. The largest absolute Gasteiger partial charge is 0.489 e. The molecule has 0 spiro atoms. The van der Waals surface area contributed by atoms with Crippen LogP contribution in [0.15, 0.2) is 85.6 Å². The van der Waals surface area contributed by atoms with Gasteiger partial charge in [0.2, 0.25) is 0 Å². The maximum absolute atomic E-state index is 13.2. The van der Waals surface area contributed by atoms with Crippen molar-refractivity contribution in [2.45, 2.75) is 13.0 Å². The summed E-state index contributed by atoms with van der Waals surface area (Å²) in [7, 11) is 0. The van der Waals surface area contributed by atoms with Crippen LogP contribution < -0.4 is 10.1 Å². The number of nitrogens with zero attached hydrogens (tertiary/aromatic N) is 2. The summed E-state index contributed by atoms with van der Waals surface area (Å²) in [6.07, 6.45) is 4.11. The minimum Gasteiger partial charge on any atom is -0.489 e. The van der Waals surface area contributed by atoms with E-state index in [0.717, 1.165) is 22.2 Å². The van der Waals surface area contributed by atoms with Crippen molar-refractivity contribution in [3.8, 4) is 5.75 Å². The number of ether oxygens (including phenoxy) is 1. The van der Waals surface area contributed by atoms with E-state index in [-0.39, 0.29) is 5.91 Å². The molecule has 162 valence electrons. The van der Waals surface area contributed by atoms with Gasteiger partial charge in [-0.05, 0) is 42.0 Å². The molecule has 32 heavy (non-hydrogen) atoms. The number of hydrogen-bond donors (Lipinski definition) is 1. The Labute approximate surface area is 192 Å². The third-order valence-corrected chi connectivity index (χ3v) is 5.54. The van der Waals surface area contributed by atoms with E-state index in [4.69, 9.17) is 16.3 Å². The van der Waals surface area contributed by atoms with E-state index >= 15 is 0 Å². The lowest BCUT2D eigenvalue weighted by Crippen LogP contribution is -2.28. The zero-order chi connectivity index (χ0) is 22.3. The second-order valence-electron chi connectivity index (χ2n) is 7.32. The summed E-state index contributed by atoms with van der Waals surface area (Å²) in [6.45, 7) is 5.06. The van der Waals surface area contributed by atoms with Crippen LogP contribution in [-0.4, -0.2) is 28.6 Å². The lowest BCUT2D eigenvalue weighted by atomic mass is 10.2. The summed E-state index contributed by atoms with van der Waals surface area (Å²) in [4.78, 5) is 17.5. The Bertz CT molecular complexity index is 1230. The summed E-state index contributed by atoms with van der Waals surface area (Å²) in [5.74, 6) is 0.557. The molecule has 1 N–H and O–H groups in total. The van der Waals surface area contributed by atoms with E-state index < -0.39 is 0 Å². The number of hydrogen-bond acceptors (Lipinski definition) is 3. The van der Waals surface area contributed by atoms with Gasteiger partial charge in [-0.2, -0.15) is 0 Å². The Hall–Kier alpha value is -3.57. The molecule has 0 aliphatic heterocycles. The highest BCUT2D eigenvalue weighted by molar-refractivity contribution is 6.31. The Balaban J connectivity index is 1.66. The van der Waals surface area contributed by atoms with Crippen LogP contribution in [0.2, 0.25) is 5.02 Å². The summed E-state index contributed by atoms with van der Waals surface area (Å²) in [5.41, 5.74) is 3.33. The quantitative estimate of drug-likeness (QED) is 0.357. The lowest BCUT2D eigenvalue weighted by molar-refractivity contribution is 0.0945. The first-order chi connectivity index (χ1) is 15.7. The van der Waals surface area contributed by atoms with Crippen LogP contribution in [-0.2, 0) is 13.0 Å². The molecule has 0 saturated carbocycles. The fourth-order valence-electron chi connectivity index (χ4n) is 3.63. The molecule has 0 unspecified atom stereocenters. The van der Waals surface area contributed by atoms with Gasteiger partial charge in [0.05, 0.1) is 5.52 Å². The van der Waals surface area contributed by atoms with Crippen molar-refractivity contribution < 1.29 is 9.53 Å². The van der Waals surface area contributed by atoms with E-state index in [0.29, 0.717) is 42.6 Å². The van der Waals surface area contributed by atoms with Gasteiger partial charge in [-0.25, -0.2) is 0 Å². The topological polar surface area (TPSA) is 56.1 Å². The summed E-state index contributed by atoms with van der Waals surface area (Å²) in [5, 5.41) is 4.56. The van der Waals surface area contributed by atoms with E-state index in [1.54, 1.807) is 12.3 Å². The zero-order valence-electron chi connectivity index (χ0n) is 17.6. The predicted octanol–water partition coefficient (Wildman–Crippen LogP) is 5.28. The van der Waals surface area contributed by atoms with Gasteiger partial charge >= 0.3 is 0 Å². The van der Waals surface area contributed by atoms with Crippen molar-refractivity contribution in [3.63, 3.8) is 0 Å². The van der Waals surface area contributed by atoms with Crippen LogP contribution in [0, 0.1) is 0 Å². The number of carbonyl (C=O) groups excluding carboxylic acids is 1. The molecule has 0 aliphatic carbocycles. The Morgan fingerprint density at radius 2 is 1.97 bits per heavy atom. The maximum Gasteiger partial charge on any atom is 0.267 e. The second-order valence-corrected chi connectivity index (χ2v) is 7.73. The molecule has 0 radical (unpaired) electrons. The van der Waals surface area contributed by atoms with E-state index in [2.05, 4.69) is 16.9 Å². The van der Waals surface area contributed by atoms with Crippen molar-refractivity contribution in [1.82, 2.24) is 14.9 Å². The van der Waals surface area contributed by atoms with E-state index in [9.17, 15) is 4.79 Å². The predicted molar refractivity (Wildman–Crippen MR) is 128 cm³/mol. The lowest BCUT2D eigenvalue weighted by Gasteiger charge is -2.13. The van der Waals surface area contributed by atoms with Crippen molar-refractivity contribution in [3.05, 3.63) is 108 Å². The SMILES string of the molecule is C=CCOc1cccc2c1cc(C(=O)NCCc1ccccn1)n2Cc1ccccc1Cl. The molecule has 4 aromatic rings. The second kappa shape index (κ2) is 10.2. The molecule has 0 fully saturated rings. The highest BCUT2D eigenvalue weighted by Crippen LogP contribution is 2.30. The normalized spacial score (nSPS) is 10.8. The number of nitrogens with one attached hydrogen (secondary N) is 1. The molecule has 0 aliphatic rings. The van der Waals surface area contributed by atoms with Gasteiger partial charge in [0.1, 0.15) is 18.1 Å². The number of benzene rings is 2. The molecular weight excluding hydrogens is 422 g/mol. The fourth-order valence-corrected chi connectivity index (χ4v) is 3.82. The van der Waals surface area contributed by atoms with Crippen LogP contribution in [0.5, 0.6) is 5.75 Å². The average molecular weight is 446 g/mol. The highest BCUT2D eigenvalue weighted by Gasteiger charge is 2.18. The molecule has 6 heteroatoms. The van der Waals surface area contributed by atoms with Gasteiger partial charge in [0.25, 0.3) is 5.91 Å². The molecule has 0 bridgehead atoms. The number of halogens is 1. The van der Waals surface area contributed by atoms with Crippen LogP contribution in [0.3, 0.4) is 0 Å². The first-order valence-corrected chi connectivity index (χ1v) is 10.8. The Morgan fingerprint density at radius 1 is 1.12 bits per heavy atom. The molecular formula is C26H24ClN3O2. The van der Waals surface area contributed by atoms with Crippen molar-refractivity contribution in [1.29, 1.82) is 0 Å². The van der Waals surface area contributed by atoms with Gasteiger partial charge in [-0.1, -0.05) is 54.6 Å². The number of fused-ring (bicyclic) bond motifs is 1. The van der Waals surface area contributed by atoms with Crippen LogP contribution >= 0.6 is 11.6 Å². The number of amides is 1. The van der Waals surface area contributed by atoms with Gasteiger partial charge in [-0.3, -0.25) is 9.78 Å². The minimum atomic E-state index is -0.154. The molecule has 2 aromatic carbocycles. The van der Waals surface area contributed by atoms with E-state index in [1.807, 2.05) is 71.3 Å². The molecule has 5 nitrogen and oxygen atoms in total. The number of aromatic nitrogens is 2. The minimum absolute atomic E-state index is 0.154. The average Bonchev–Trinajstić information content (AvgIpc) is 3.19. The number of carbonyl (C=O) groups is 1. The van der Waals surface area contributed by atoms with Gasteiger partial charge in [0, 0.05) is 41.8 Å². The monoisotopic (exact) mass is 445 g/mol. The maximum atomic E-state index is 13.2. The summed E-state index contributed by atoms with van der Waals surface area (Å²) < 4.78 is 7.81. The standard InChI is InChI=1S/C26H24ClN3O2/c1-2-16-32-25-12-7-11-23-21(25)17-24(30(23)18-19-8-3-4-10-22(19)27)26(31)29-15-13-20-9-5-6-14-28-20/h2-12,14,17H,1,13,15-16,18H2,(H,29,31). The Kier molecular flexibility index (Phi) is 6.87. The van der Waals surface area contributed by atoms with Gasteiger partial charge < -0.3 is 14.6 Å². The summed E-state index contributed by atoms with van der Waals surface area (Å²) >= 11 is 6.42. The van der Waals surface area contributed by atoms with Crippen molar-refractivity contribution in [2.75, 3.05) is 13.2 Å². The van der Waals surface area contributed by atoms with Gasteiger partial charge in [-0.15, -0.1) is 0 Å². The molecule has 0 atom stereocenters. The van der Waals surface area contributed by atoms with Crippen molar-refractivity contribution in [2.24, 2.45) is 0 Å². The van der Waals surface area contributed by atoms with Crippen LogP contribution in [0.25, 0.3) is 10.9 Å². The highest BCUT2D eigenvalue weighted by atomic mass is 35.5. The van der Waals surface area contributed by atoms with E-state index in [1.165, 1.54) is 0 Å². The molecule has 2 heterocycles. The Morgan fingerprint density at radius 3 is 2.75 bits per heavy atom. The third-order valence-electron chi connectivity index (χ3n) is 5.17. The number of pyridine rings is 1. The van der Waals surface area contributed by atoms with Gasteiger partial charge in [0.15, 0.2) is 0 Å². The number of rotatable bonds is 9. The molecule has 2 aromatic heterocycles. The van der Waals surface area contributed by atoms with Crippen LogP contribution in [0.1, 0.15) is 21.7 Å². The van der Waals surface area contributed by atoms with Crippen molar-refractivity contribution >= 4 is 28.4 Å². The summed E-state index contributed by atoms with van der Waals surface area (Å²) in [6, 6.07) is 21.1. The fraction of sp³-hybridized carbons (Fsp3) is 0.154.